The Labute approximate surface area is 117 Å². The Bertz CT molecular complexity index is 651. The Kier molecular flexibility index (Phi) is 3.22. The quantitative estimate of drug-likeness (QED) is 0.850. The molecule has 0 saturated heterocycles. The van der Waals surface area contributed by atoms with E-state index in [0.717, 1.165) is 5.56 Å². The van der Waals surface area contributed by atoms with Gasteiger partial charge in [0, 0.05) is 12.0 Å². The first-order valence-electron chi connectivity index (χ1n) is 6.76. The van der Waals surface area contributed by atoms with Crippen molar-refractivity contribution in [1.29, 1.82) is 0 Å². The summed E-state index contributed by atoms with van der Waals surface area (Å²) in [6.07, 6.45) is -0.442. The number of halogens is 1. The fourth-order valence-corrected chi connectivity index (χ4v) is 2.59. The van der Waals surface area contributed by atoms with Gasteiger partial charge in [0.1, 0.15) is 17.7 Å². The van der Waals surface area contributed by atoms with Gasteiger partial charge in [0.25, 0.3) is 0 Å². The second-order valence-corrected chi connectivity index (χ2v) is 5.38. The maximum atomic E-state index is 13.2. The molecule has 1 aliphatic heterocycles. The van der Waals surface area contributed by atoms with Crippen LogP contribution in [0.1, 0.15) is 40.9 Å². The Morgan fingerprint density at radius 3 is 2.65 bits per heavy atom. The van der Waals surface area contributed by atoms with Crippen molar-refractivity contribution in [3.8, 4) is 5.75 Å². The van der Waals surface area contributed by atoms with Crippen LogP contribution in [-0.2, 0) is 0 Å². The third kappa shape index (κ3) is 2.29. The van der Waals surface area contributed by atoms with E-state index in [1.165, 1.54) is 23.3 Å². The second-order valence-electron chi connectivity index (χ2n) is 5.38. The molecule has 2 atom stereocenters. The van der Waals surface area contributed by atoms with E-state index in [0.29, 0.717) is 17.7 Å². The molecule has 0 amide bonds. The van der Waals surface area contributed by atoms with Crippen molar-refractivity contribution in [2.45, 2.75) is 32.5 Å². The summed E-state index contributed by atoms with van der Waals surface area (Å²) < 4.78 is 19.1. The van der Waals surface area contributed by atoms with Crippen LogP contribution in [0, 0.1) is 19.7 Å². The highest BCUT2D eigenvalue weighted by Crippen LogP contribution is 2.41. The summed E-state index contributed by atoms with van der Waals surface area (Å²) in [7, 11) is 0. The summed E-state index contributed by atoms with van der Waals surface area (Å²) in [4.78, 5) is 0. The molecule has 0 saturated carbocycles. The van der Waals surface area contributed by atoms with Gasteiger partial charge in [-0.2, -0.15) is 0 Å². The van der Waals surface area contributed by atoms with Crippen molar-refractivity contribution in [3.05, 3.63) is 64.5 Å². The highest BCUT2D eigenvalue weighted by atomic mass is 19.1. The third-order valence-corrected chi connectivity index (χ3v) is 3.94. The molecule has 0 bridgehead atoms. The summed E-state index contributed by atoms with van der Waals surface area (Å²) in [5.41, 5.74) is 4.00. The maximum absolute atomic E-state index is 13.2. The summed E-state index contributed by atoms with van der Waals surface area (Å²) in [5.74, 6) is 0.212. The van der Waals surface area contributed by atoms with Gasteiger partial charge in [0.2, 0.25) is 0 Å². The van der Waals surface area contributed by atoms with Gasteiger partial charge in [0.15, 0.2) is 0 Å². The average Bonchev–Trinajstić information content (AvgIpc) is 2.42. The SMILES string of the molecule is Cc1ccc(C2C[C@@H](O)c3cc(F)ccc3O2)cc1C. The maximum Gasteiger partial charge on any atom is 0.127 e. The number of aryl methyl sites for hydroxylation is 2. The van der Waals surface area contributed by atoms with Crippen LogP contribution in [0.3, 0.4) is 0 Å². The van der Waals surface area contributed by atoms with Crippen LogP contribution in [0.5, 0.6) is 5.75 Å². The van der Waals surface area contributed by atoms with Crippen LogP contribution in [-0.4, -0.2) is 5.11 Å². The van der Waals surface area contributed by atoms with Crippen molar-refractivity contribution >= 4 is 0 Å². The number of aliphatic hydroxyl groups is 1. The van der Waals surface area contributed by atoms with E-state index in [4.69, 9.17) is 4.74 Å². The number of fused-ring (bicyclic) bond motifs is 1. The highest BCUT2D eigenvalue weighted by molar-refractivity contribution is 5.40. The molecule has 0 fully saturated rings. The van der Waals surface area contributed by atoms with E-state index in [1.54, 1.807) is 6.07 Å². The minimum absolute atomic E-state index is 0.192. The summed E-state index contributed by atoms with van der Waals surface area (Å²) >= 11 is 0. The molecule has 2 aromatic carbocycles. The number of aliphatic hydroxyl groups excluding tert-OH is 1. The lowest BCUT2D eigenvalue weighted by molar-refractivity contribution is 0.0653. The number of rotatable bonds is 1. The Morgan fingerprint density at radius 2 is 1.90 bits per heavy atom. The van der Waals surface area contributed by atoms with Crippen LogP contribution in [0.2, 0.25) is 0 Å². The standard InChI is InChI=1S/C17H17FO2/c1-10-3-4-12(7-11(10)2)17-9-15(19)14-8-13(18)5-6-16(14)20-17/h3-8,15,17,19H,9H2,1-2H3/t15-,17?/m1/s1. The minimum Gasteiger partial charge on any atom is -0.485 e. The van der Waals surface area contributed by atoms with Crippen LogP contribution in [0.25, 0.3) is 0 Å². The highest BCUT2D eigenvalue weighted by Gasteiger charge is 2.28. The van der Waals surface area contributed by atoms with Gasteiger partial charge in [-0.1, -0.05) is 18.2 Å². The number of hydrogen-bond donors (Lipinski definition) is 1. The van der Waals surface area contributed by atoms with E-state index in [2.05, 4.69) is 26.0 Å². The number of ether oxygens (including phenoxy) is 1. The van der Waals surface area contributed by atoms with Gasteiger partial charge < -0.3 is 9.84 Å². The van der Waals surface area contributed by atoms with Gasteiger partial charge in [-0.05, 0) is 48.7 Å². The molecule has 104 valence electrons. The van der Waals surface area contributed by atoms with Crippen molar-refractivity contribution in [2.24, 2.45) is 0 Å². The predicted molar refractivity (Wildman–Crippen MR) is 75.3 cm³/mol. The molecule has 1 N–H and O–H groups in total. The summed E-state index contributed by atoms with van der Waals surface area (Å²) in [6, 6.07) is 10.4. The van der Waals surface area contributed by atoms with E-state index >= 15 is 0 Å². The van der Waals surface area contributed by atoms with Gasteiger partial charge >= 0.3 is 0 Å². The molecular weight excluding hydrogens is 255 g/mol. The lowest BCUT2D eigenvalue weighted by Gasteiger charge is -2.30. The lowest BCUT2D eigenvalue weighted by Crippen LogP contribution is -2.19. The molecule has 0 aliphatic carbocycles. The van der Waals surface area contributed by atoms with Crippen molar-refractivity contribution in [1.82, 2.24) is 0 Å². The fourth-order valence-electron chi connectivity index (χ4n) is 2.59. The summed E-state index contributed by atoms with van der Waals surface area (Å²) in [5, 5.41) is 10.2. The van der Waals surface area contributed by atoms with Gasteiger partial charge in [-0.3, -0.25) is 0 Å². The first kappa shape index (κ1) is 13.1. The number of hydrogen-bond acceptors (Lipinski definition) is 2. The van der Waals surface area contributed by atoms with Crippen molar-refractivity contribution in [2.75, 3.05) is 0 Å². The van der Waals surface area contributed by atoms with Gasteiger partial charge in [-0.25, -0.2) is 4.39 Å². The van der Waals surface area contributed by atoms with E-state index in [9.17, 15) is 9.50 Å². The van der Waals surface area contributed by atoms with Crippen molar-refractivity contribution < 1.29 is 14.2 Å². The molecule has 0 spiro atoms. The van der Waals surface area contributed by atoms with E-state index < -0.39 is 6.10 Å². The predicted octanol–water partition coefficient (Wildman–Crippen LogP) is 4.00. The summed E-state index contributed by atoms with van der Waals surface area (Å²) in [6.45, 7) is 4.12. The first-order valence-corrected chi connectivity index (χ1v) is 6.76. The lowest BCUT2D eigenvalue weighted by atomic mass is 9.93. The fraction of sp³-hybridized carbons (Fsp3) is 0.294. The molecular formula is C17H17FO2. The second kappa shape index (κ2) is 4.91. The Balaban J connectivity index is 1.94. The number of benzene rings is 2. The third-order valence-electron chi connectivity index (χ3n) is 3.94. The molecule has 3 heteroatoms. The van der Waals surface area contributed by atoms with E-state index in [-0.39, 0.29) is 11.9 Å². The van der Waals surface area contributed by atoms with Crippen LogP contribution in [0.15, 0.2) is 36.4 Å². The monoisotopic (exact) mass is 272 g/mol. The molecule has 2 nitrogen and oxygen atoms in total. The Hall–Kier alpha value is -1.87. The normalized spacial score (nSPS) is 21.2. The Morgan fingerprint density at radius 1 is 1.10 bits per heavy atom. The zero-order valence-corrected chi connectivity index (χ0v) is 11.6. The molecule has 1 heterocycles. The minimum atomic E-state index is -0.693. The smallest absolute Gasteiger partial charge is 0.127 e. The van der Waals surface area contributed by atoms with Crippen LogP contribution in [0.4, 0.5) is 4.39 Å². The van der Waals surface area contributed by atoms with Gasteiger partial charge in [-0.15, -0.1) is 0 Å². The largest absolute Gasteiger partial charge is 0.485 e. The molecule has 1 unspecified atom stereocenters. The van der Waals surface area contributed by atoms with Gasteiger partial charge in [0.05, 0.1) is 6.10 Å². The zero-order valence-electron chi connectivity index (χ0n) is 11.6. The zero-order chi connectivity index (χ0) is 14.3. The molecule has 0 aromatic heterocycles. The average molecular weight is 272 g/mol. The van der Waals surface area contributed by atoms with Crippen LogP contribution >= 0.6 is 0 Å². The molecule has 2 aromatic rings. The van der Waals surface area contributed by atoms with Crippen LogP contribution < -0.4 is 4.74 Å². The van der Waals surface area contributed by atoms with Crippen molar-refractivity contribution in [3.63, 3.8) is 0 Å². The topological polar surface area (TPSA) is 29.5 Å². The first-order chi connectivity index (χ1) is 9.54. The van der Waals surface area contributed by atoms with E-state index in [1.807, 2.05) is 6.07 Å². The molecule has 0 radical (unpaired) electrons. The molecule has 1 aliphatic rings. The molecule has 20 heavy (non-hydrogen) atoms. The molecule has 3 rings (SSSR count).